The molecular weight excluding hydrogens is 436 g/mol. The first-order chi connectivity index (χ1) is 16.3. The van der Waals surface area contributed by atoms with Gasteiger partial charge in [-0.1, -0.05) is 48.5 Å². The van der Waals surface area contributed by atoms with E-state index < -0.39 is 30.4 Å². The standard InChI is InChI=1S/C25H26N4O5/c1-28(14-16-11-12-26-29(16)2)24(32)22(13-23(30)31)27-25(33)34-15-21-19-9-5-3-7-17(19)18-8-4-6-10-20(18)21/h3-12,21-22H,13-15H2,1-2H3,(H,27,33)(H,30,31). The largest absolute Gasteiger partial charge is 0.481 e. The van der Waals surface area contributed by atoms with Gasteiger partial charge < -0.3 is 20.1 Å². The highest BCUT2D eigenvalue weighted by atomic mass is 16.5. The number of nitrogens with zero attached hydrogens (tertiary/aromatic N) is 3. The van der Waals surface area contributed by atoms with Crippen LogP contribution in [0.25, 0.3) is 11.1 Å². The summed E-state index contributed by atoms with van der Waals surface area (Å²) in [5.74, 6) is -1.87. The first kappa shape index (κ1) is 23.0. The number of likely N-dealkylation sites (N-methyl/N-ethyl adjacent to an activating group) is 1. The van der Waals surface area contributed by atoms with Gasteiger partial charge in [0.1, 0.15) is 12.6 Å². The molecule has 9 heteroatoms. The molecule has 4 rings (SSSR count). The van der Waals surface area contributed by atoms with Crippen molar-refractivity contribution in [2.75, 3.05) is 13.7 Å². The van der Waals surface area contributed by atoms with Gasteiger partial charge in [0.15, 0.2) is 0 Å². The lowest BCUT2D eigenvalue weighted by Crippen LogP contribution is -2.48. The molecule has 0 bridgehead atoms. The first-order valence-electron chi connectivity index (χ1n) is 10.9. The van der Waals surface area contributed by atoms with Crippen LogP contribution in [-0.2, 0) is 27.9 Å². The number of ether oxygens (including phenoxy) is 1. The smallest absolute Gasteiger partial charge is 0.407 e. The van der Waals surface area contributed by atoms with Gasteiger partial charge in [0.2, 0.25) is 5.91 Å². The average Bonchev–Trinajstić information content (AvgIpc) is 3.37. The third kappa shape index (κ3) is 4.78. The van der Waals surface area contributed by atoms with Crippen LogP contribution in [0, 0.1) is 0 Å². The zero-order valence-electron chi connectivity index (χ0n) is 19.0. The highest BCUT2D eigenvalue weighted by Gasteiger charge is 2.31. The SMILES string of the molecule is CN(Cc1ccnn1C)C(=O)C(CC(=O)O)NC(=O)OCC1c2ccccc2-c2ccccc21. The Hall–Kier alpha value is -4.14. The van der Waals surface area contributed by atoms with Crippen LogP contribution < -0.4 is 5.32 Å². The fourth-order valence-corrected chi connectivity index (χ4v) is 4.30. The van der Waals surface area contributed by atoms with Gasteiger partial charge in [-0.2, -0.15) is 5.10 Å². The summed E-state index contributed by atoms with van der Waals surface area (Å²) in [5, 5.41) is 15.8. The maximum atomic E-state index is 12.9. The second kappa shape index (κ2) is 9.78. The van der Waals surface area contributed by atoms with Gasteiger partial charge in [-0.3, -0.25) is 14.3 Å². The highest BCUT2D eigenvalue weighted by Crippen LogP contribution is 2.44. The van der Waals surface area contributed by atoms with Crippen LogP contribution in [0.1, 0.15) is 29.2 Å². The number of carbonyl (C=O) groups excluding carboxylic acids is 2. The third-order valence-electron chi connectivity index (χ3n) is 6.01. The molecule has 0 saturated carbocycles. The maximum Gasteiger partial charge on any atom is 0.407 e. The summed E-state index contributed by atoms with van der Waals surface area (Å²) in [6.45, 7) is 0.288. The number of fused-ring (bicyclic) bond motifs is 3. The van der Waals surface area contributed by atoms with Crippen molar-refractivity contribution in [1.82, 2.24) is 20.0 Å². The molecule has 176 valence electrons. The molecule has 9 nitrogen and oxygen atoms in total. The molecule has 1 aliphatic carbocycles. The van der Waals surface area contributed by atoms with E-state index in [1.807, 2.05) is 48.5 Å². The summed E-state index contributed by atoms with van der Waals surface area (Å²) in [6.07, 6.45) is 0.214. The van der Waals surface area contributed by atoms with Crippen molar-refractivity contribution in [1.29, 1.82) is 0 Å². The van der Waals surface area contributed by atoms with Gasteiger partial charge in [0.25, 0.3) is 0 Å². The summed E-state index contributed by atoms with van der Waals surface area (Å²) >= 11 is 0. The fourth-order valence-electron chi connectivity index (χ4n) is 4.30. The molecule has 1 atom stereocenters. The number of aromatic nitrogens is 2. The number of hydrogen-bond donors (Lipinski definition) is 2. The summed E-state index contributed by atoms with van der Waals surface area (Å²) in [7, 11) is 3.29. The maximum absolute atomic E-state index is 12.9. The molecule has 1 unspecified atom stereocenters. The van der Waals surface area contributed by atoms with Crippen LogP contribution in [0.3, 0.4) is 0 Å². The minimum absolute atomic E-state index is 0.0682. The lowest BCUT2D eigenvalue weighted by atomic mass is 9.98. The summed E-state index contributed by atoms with van der Waals surface area (Å²) in [4.78, 5) is 38.2. The van der Waals surface area contributed by atoms with E-state index in [2.05, 4.69) is 10.4 Å². The van der Waals surface area contributed by atoms with E-state index in [0.29, 0.717) is 0 Å². The molecule has 34 heavy (non-hydrogen) atoms. The second-order valence-electron chi connectivity index (χ2n) is 8.26. The average molecular weight is 463 g/mol. The number of carbonyl (C=O) groups is 3. The van der Waals surface area contributed by atoms with Crippen LogP contribution >= 0.6 is 0 Å². The third-order valence-corrected chi connectivity index (χ3v) is 6.01. The Morgan fingerprint density at radius 3 is 2.26 bits per heavy atom. The molecule has 1 aromatic heterocycles. The van der Waals surface area contributed by atoms with Crippen LogP contribution in [0.15, 0.2) is 60.8 Å². The van der Waals surface area contributed by atoms with Crippen LogP contribution in [0.5, 0.6) is 0 Å². The van der Waals surface area contributed by atoms with Crippen molar-refractivity contribution in [2.24, 2.45) is 7.05 Å². The molecule has 2 N–H and O–H groups in total. The molecule has 0 radical (unpaired) electrons. The summed E-state index contributed by atoms with van der Waals surface area (Å²) in [6, 6.07) is 16.4. The van der Waals surface area contributed by atoms with Gasteiger partial charge in [-0.15, -0.1) is 0 Å². The molecule has 0 fully saturated rings. The number of alkyl carbamates (subject to hydrolysis) is 1. The predicted molar refractivity (Wildman–Crippen MR) is 124 cm³/mol. The Bertz CT molecular complexity index is 1180. The summed E-state index contributed by atoms with van der Waals surface area (Å²) in [5.41, 5.74) is 5.09. The normalized spacial score (nSPS) is 13.0. The first-order valence-corrected chi connectivity index (χ1v) is 10.9. The van der Waals surface area contributed by atoms with Crippen molar-refractivity contribution >= 4 is 18.0 Å². The minimum atomic E-state index is -1.26. The Morgan fingerprint density at radius 2 is 1.71 bits per heavy atom. The predicted octanol–water partition coefficient (Wildman–Crippen LogP) is 2.76. The van der Waals surface area contributed by atoms with E-state index in [1.165, 1.54) is 4.90 Å². The number of carboxylic acids is 1. The lowest BCUT2D eigenvalue weighted by Gasteiger charge is -2.24. The number of nitrogens with one attached hydrogen (secondary N) is 1. The highest BCUT2D eigenvalue weighted by molar-refractivity contribution is 5.89. The van der Waals surface area contributed by atoms with E-state index in [-0.39, 0.29) is 19.1 Å². The number of carboxylic acid groups (broad SMARTS) is 1. The monoisotopic (exact) mass is 462 g/mol. The Balaban J connectivity index is 1.42. The molecule has 0 aliphatic heterocycles. The Kier molecular flexibility index (Phi) is 6.62. The number of rotatable bonds is 8. The topological polar surface area (TPSA) is 114 Å². The number of benzene rings is 2. The van der Waals surface area contributed by atoms with E-state index in [9.17, 15) is 19.5 Å². The van der Waals surface area contributed by atoms with Crippen molar-refractivity contribution < 1.29 is 24.2 Å². The molecule has 2 amide bonds. The van der Waals surface area contributed by atoms with Gasteiger partial charge in [-0.05, 0) is 28.3 Å². The molecular formula is C25H26N4O5. The molecule has 3 aromatic rings. The number of aliphatic carboxylic acids is 1. The zero-order valence-corrected chi connectivity index (χ0v) is 19.0. The van der Waals surface area contributed by atoms with Gasteiger partial charge in [-0.25, -0.2) is 4.79 Å². The van der Waals surface area contributed by atoms with E-state index in [4.69, 9.17) is 4.74 Å². The summed E-state index contributed by atoms with van der Waals surface area (Å²) < 4.78 is 7.10. The second-order valence-corrected chi connectivity index (χ2v) is 8.26. The lowest BCUT2D eigenvalue weighted by molar-refractivity contribution is -0.142. The Labute approximate surface area is 196 Å². The van der Waals surface area contributed by atoms with Gasteiger partial charge in [0.05, 0.1) is 18.7 Å². The number of aryl methyl sites for hydroxylation is 1. The molecule has 0 spiro atoms. The van der Waals surface area contributed by atoms with Crippen molar-refractivity contribution in [2.45, 2.75) is 24.9 Å². The van der Waals surface area contributed by atoms with E-state index in [1.54, 1.807) is 31.0 Å². The van der Waals surface area contributed by atoms with Crippen molar-refractivity contribution in [3.05, 3.63) is 77.6 Å². The molecule has 0 saturated heterocycles. The quantitative estimate of drug-likeness (QED) is 0.532. The van der Waals surface area contributed by atoms with Crippen LogP contribution in [-0.4, -0.2) is 57.5 Å². The van der Waals surface area contributed by atoms with Gasteiger partial charge >= 0.3 is 12.1 Å². The molecule has 1 heterocycles. The van der Waals surface area contributed by atoms with E-state index >= 15 is 0 Å². The van der Waals surface area contributed by atoms with Crippen molar-refractivity contribution in [3.8, 4) is 11.1 Å². The Morgan fingerprint density at radius 1 is 1.09 bits per heavy atom. The number of amides is 2. The minimum Gasteiger partial charge on any atom is -0.481 e. The van der Waals surface area contributed by atoms with Crippen LogP contribution in [0.4, 0.5) is 4.79 Å². The van der Waals surface area contributed by atoms with Crippen molar-refractivity contribution in [3.63, 3.8) is 0 Å². The fraction of sp³-hybridized carbons (Fsp3) is 0.280. The van der Waals surface area contributed by atoms with Crippen LogP contribution in [0.2, 0.25) is 0 Å². The molecule has 2 aromatic carbocycles. The molecule has 1 aliphatic rings. The zero-order chi connectivity index (χ0) is 24.2. The van der Waals surface area contributed by atoms with E-state index in [0.717, 1.165) is 27.9 Å². The van der Waals surface area contributed by atoms with Gasteiger partial charge in [0, 0.05) is 26.2 Å². The number of hydrogen-bond acceptors (Lipinski definition) is 5.